The molecule has 3 rings (SSSR count). The zero-order chi connectivity index (χ0) is 9.00. The summed E-state index contributed by atoms with van der Waals surface area (Å²) in [4.78, 5) is 10.6. The third kappa shape index (κ3) is 0.850. The summed E-state index contributed by atoms with van der Waals surface area (Å²) in [6, 6.07) is -0.115. The molecule has 2 bridgehead atoms. The quantitative estimate of drug-likeness (QED) is 0.361. The fraction of sp³-hybridized carbons (Fsp3) is 0.800. The van der Waals surface area contributed by atoms with Crippen LogP contribution in [0.3, 0.4) is 0 Å². The van der Waals surface area contributed by atoms with Crippen LogP contribution in [-0.2, 0) is 0 Å². The average Bonchev–Trinajstić information content (AvgIpc) is 2.71. The molecular formula is C10H12ClNO. The molecule has 2 saturated carbocycles. The molecule has 3 aliphatic carbocycles. The topological polar surface area (TPSA) is 29.4 Å². The molecule has 0 unspecified atom stereocenters. The molecule has 0 N–H and O–H groups in total. The van der Waals surface area contributed by atoms with Crippen molar-refractivity contribution in [2.75, 3.05) is 0 Å². The van der Waals surface area contributed by atoms with Crippen LogP contribution in [0.4, 0.5) is 0 Å². The molecule has 0 radical (unpaired) electrons. The van der Waals surface area contributed by atoms with Crippen molar-refractivity contribution in [1.29, 1.82) is 0 Å². The van der Waals surface area contributed by atoms with Crippen LogP contribution in [-0.4, -0.2) is 11.4 Å². The highest BCUT2D eigenvalue weighted by Gasteiger charge is 2.58. The van der Waals surface area contributed by atoms with Crippen LogP contribution >= 0.6 is 11.6 Å². The van der Waals surface area contributed by atoms with E-state index in [2.05, 4.69) is 17.3 Å². The Morgan fingerprint density at radius 3 is 2.92 bits per heavy atom. The second-order valence-electron chi connectivity index (χ2n) is 4.51. The van der Waals surface area contributed by atoms with Crippen molar-refractivity contribution in [2.24, 2.45) is 28.8 Å². The van der Waals surface area contributed by atoms with E-state index in [1.807, 2.05) is 0 Å². The van der Waals surface area contributed by atoms with Crippen molar-refractivity contribution in [3.05, 3.63) is 17.1 Å². The van der Waals surface area contributed by atoms with Gasteiger partial charge in [0, 0.05) is 0 Å². The Morgan fingerprint density at radius 1 is 1.31 bits per heavy atom. The van der Waals surface area contributed by atoms with E-state index >= 15 is 0 Å². The number of halogens is 1. The molecule has 3 heteroatoms. The van der Waals surface area contributed by atoms with Gasteiger partial charge < -0.3 is 0 Å². The summed E-state index contributed by atoms with van der Waals surface area (Å²) in [6.07, 6.45) is 6.81. The summed E-state index contributed by atoms with van der Waals surface area (Å²) in [5.41, 5.74) is 0. The van der Waals surface area contributed by atoms with Crippen LogP contribution in [0.25, 0.3) is 0 Å². The summed E-state index contributed by atoms with van der Waals surface area (Å²) in [5.74, 6) is 2.34. The monoisotopic (exact) mass is 197 g/mol. The van der Waals surface area contributed by atoms with Gasteiger partial charge in [0.1, 0.15) is 6.04 Å². The first-order valence-corrected chi connectivity index (χ1v) is 5.40. The molecule has 0 aromatic heterocycles. The predicted molar refractivity (Wildman–Crippen MR) is 51.6 cm³/mol. The van der Waals surface area contributed by atoms with E-state index in [9.17, 15) is 4.91 Å². The molecule has 0 aromatic carbocycles. The lowest BCUT2D eigenvalue weighted by molar-refractivity contribution is 0.263. The minimum atomic E-state index is -0.115. The lowest BCUT2D eigenvalue weighted by Gasteiger charge is -2.30. The van der Waals surface area contributed by atoms with Crippen molar-refractivity contribution in [1.82, 2.24) is 0 Å². The normalized spacial score (nSPS) is 57.0. The van der Waals surface area contributed by atoms with Gasteiger partial charge in [-0.3, -0.25) is 0 Å². The fourth-order valence-electron chi connectivity index (χ4n) is 3.62. The molecule has 0 amide bonds. The maximum absolute atomic E-state index is 10.6. The first kappa shape index (κ1) is 7.98. The summed E-state index contributed by atoms with van der Waals surface area (Å²) in [5, 5.41) is 3.21. The largest absolute Gasteiger partial charge is 0.150 e. The van der Waals surface area contributed by atoms with Gasteiger partial charge in [-0.2, -0.15) is 4.91 Å². The summed E-state index contributed by atoms with van der Waals surface area (Å²) in [7, 11) is 0. The molecule has 3 aliphatic rings. The molecule has 6 atom stereocenters. The lowest BCUT2D eigenvalue weighted by Crippen LogP contribution is -2.35. The van der Waals surface area contributed by atoms with Gasteiger partial charge in [-0.05, 0) is 36.5 Å². The van der Waals surface area contributed by atoms with Crippen LogP contribution in [0.2, 0.25) is 0 Å². The van der Waals surface area contributed by atoms with Crippen LogP contribution in [0, 0.1) is 28.6 Å². The van der Waals surface area contributed by atoms with Gasteiger partial charge in [0.05, 0.1) is 5.38 Å². The number of allylic oxidation sites excluding steroid dienone is 2. The first-order chi connectivity index (χ1) is 6.33. The van der Waals surface area contributed by atoms with Crippen molar-refractivity contribution >= 4 is 11.6 Å². The maximum atomic E-state index is 10.6. The molecule has 70 valence electrons. The van der Waals surface area contributed by atoms with Crippen molar-refractivity contribution in [3.8, 4) is 0 Å². The zero-order valence-electron chi connectivity index (χ0n) is 7.27. The van der Waals surface area contributed by atoms with Gasteiger partial charge in [-0.15, -0.1) is 11.6 Å². The maximum Gasteiger partial charge on any atom is 0.112 e. The van der Waals surface area contributed by atoms with E-state index in [1.54, 1.807) is 0 Å². The van der Waals surface area contributed by atoms with Crippen molar-refractivity contribution in [3.63, 3.8) is 0 Å². The van der Waals surface area contributed by atoms with Gasteiger partial charge in [-0.25, -0.2) is 0 Å². The molecule has 2 nitrogen and oxygen atoms in total. The van der Waals surface area contributed by atoms with Gasteiger partial charge >= 0.3 is 0 Å². The van der Waals surface area contributed by atoms with Crippen LogP contribution < -0.4 is 0 Å². The number of fused-ring (bicyclic) bond motifs is 5. The molecule has 0 saturated heterocycles. The van der Waals surface area contributed by atoms with Crippen molar-refractivity contribution < 1.29 is 0 Å². The highest BCUT2D eigenvalue weighted by atomic mass is 35.5. The predicted octanol–water partition coefficient (Wildman–Crippen LogP) is 2.57. The first-order valence-electron chi connectivity index (χ1n) is 4.96. The number of alkyl halides is 1. The summed E-state index contributed by atoms with van der Waals surface area (Å²) >= 11 is 6.22. The van der Waals surface area contributed by atoms with Crippen LogP contribution in [0.15, 0.2) is 17.3 Å². The van der Waals surface area contributed by atoms with Gasteiger partial charge in [0.15, 0.2) is 0 Å². The van der Waals surface area contributed by atoms with E-state index in [0.717, 1.165) is 12.3 Å². The minimum absolute atomic E-state index is 0.0173. The number of nitroso groups, excluding NO2 is 1. The molecule has 0 heterocycles. The van der Waals surface area contributed by atoms with E-state index in [0.29, 0.717) is 17.8 Å². The SMILES string of the molecule is O=N[C@@H]1[C@H](Cl)[C@H]2C[C@H]1[C@H]1C=CC[C@H]12. The number of nitrogens with zero attached hydrogens (tertiary/aromatic N) is 1. The standard InChI is InChI=1S/C10H12ClNO/c11-9-7-4-8(10(9)12-13)6-3-1-2-5(6)7/h1,3,5-10H,2,4H2/t5-,6+,7+,8+,9-,10+/m1/s1. The third-order valence-corrected chi connectivity index (χ3v) is 4.73. The number of hydrogen-bond acceptors (Lipinski definition) is 2. The Hall–Kier alpha value is -0.370. The molecular weight excluding hydrogens is 186 g/mol. The van der Waals surface area contributed by atoms with Crippen LogP contribution in [0.1, 0.15) is 12.8 Å². The highest BCUT2D eigenvalue weighted by Crippen LogP contribution is 2.58. The second-order valence-corrected chi connectivity index (χ2v) is 5.01. The number of hydrogen-bond donors (Lipinski definition) is 0. The third-order valence-electron chi connectivity index (χ3n) is 4.15. The smallest absolute Gasteiger partial charge is 0.112 e. The highest BCUT2D eigenvalue weighted by molar-refractivity contribution is 6.21. The molecule has 0 aromatic rings. The lowest BCUT2D eigenvalue weighted by atomic mass is 9.79. The van der Waals surface area contributed by atoms with E-state index in [-0.39, 0.29) is 11.4 Å². The molecule has 13 heavy (non-hydrogen) atoms. The molecule has 2 fully saturated rings. The summed E-state index contributed by atoms with van der Waals surface area (Å²) in [6.45, 7) is 0. The second kappa shape index (κ2) is 2.57. The van der Waals surface area contributed by atoms with Gasteiger partial charge in [0.2, 0.25) is 0 Å². The molecule has 0 spiro atoms. The van der Waals surface area contributed by atoms with Crippen LogP contribution in [0.5, 0.6) is 0 Å². The average molecular weight is 198 g/mol. The minimum Gasteiger partial charge on any atom is -0.150 e. The van der Waals surface area contributed by atoms with Gasteiger partial charge in [0.25, 0.3) is 0 Å². The summed E-state index contributed by atoms with van der Waals surface area (Å²) < 4.78 is 0. The Bertz CT molecular complexity index is 276. The van der Waals surface area contributed by atoms with E-state index in [1.165, 1.54) is 6.42 Å². The number of rotatable bonds is 1. The molecule has 0 aliphatic heterocycles. The fourth-order valence-corrected chi connectivity index (χ4v) is 4.14. The Morgan fingerprint density at radius 2 is 2.15 bits per heavy atom. The zero-order valence-corrected chi connectivity index (χ0v) is 8.02. The van der Waals surface area contributed by atoms with E-state index in [4.69, 9.17) is 11.6 Å². The van der Waals surface area contributed by atoms with Gasteiger partial charge in [-0.1, -0.05) is 17.3 Å². The van der Waals surface area contributed by atoms with Crippen molar-refractivity contribution in [2.45, 2.75) is 24.3 Å². The van der Waals surface area contributed by atoms with E-state index < -0.39 is 0 Å². The Kier molecular flexibility index (Phi) is 1.58. The Labute approximate surface area is 82.3 Å². The Balaban J connectivity index is 1.94.